The Labute approximate surface area is 198 Å². The molecule has 0 saturated carbocycles. The van der Waals surface area contributed by atoms with E-state index in [1.165, 1.54) is 0 Å². The molecule has 7 nitrogen and oxygen atoms in total. The predicted molar refractivity (Wildman–Crippen MR) is 133 cm³/mol. The Bertz CT molecular complexity index is 1180. The van der Waals surface area contributed by atoms with Crippen molar-refractivity contribution >= 4 is 28.2 Å². The molecule has 2 N–H and O–H groups in total. The number of ether oxygens (including phenoxy) is 3. The summed E-state index contributed by atoms with van der Waals surface area (Å²) in [4.78, 5) is 17.9. The van der Waals surface area contributed by atoms with Gasteiger partial charge >= 0.3 is 0 Å². The molecule has 0 aliphatic carbocycles. The fourth-order valence-corrected chi connectivity index (χ4v) is 3.98. The second-order valence-electron chi connectivity index (χ2n) is 8.00. The quantitative estimate of drug-likeness (QED) is 0.383. The van der Waals surface area contributed by atoms with Crippen LogP contribution in [0.4, 0.5) is 0 Å². The van der Waals surface area contributed by atoms with Crippen molar-refractivity contribution in [2.45, 2.75) is 32.9 Å². The zero-order chi connectivity index (χ0) is 23.2. The van der Waals surface area contributed by atoms with E-state index in [0.29, 0.717) is 48.5 Å². The molecule has 1 aliphatic heterocycles. The van der Waals surface area contributed by atoms with Crippen molar-refractivity contribution in [3.8, 4) is 17.2 Å². The molecule has 3 aromatic rings. The lowest BCUT2D eigenvalue weighted by molar-refractivity contribution is 0.172. The Balaban J connectivity index is 1.61. The van der Waals surface area contributed by atoms with Crippen LogP contribution in [0.5, 0.6) is 17.2 Å². The molecule has 8 heteroatoms. The van der Waals surface area contributed by atoms with Gasteiger partial charge in [0.15, 0.2) is 16.6 Å². The molecular weight excluding hydrogens is 438 g/mol. The van der Waals surface area contributed by atoms with E-state index in [0.717, 1.165) is 41.6 Å². The number of methoxy groups -OCH3 is 1. The molecule has 2 heterocycles. The molecule has 2 aromatic carbocycles. The lowest BCUT2D eigenvalue weighted by atomic mass is 10.1. The van der Waals surface area contributed by atoms with Crippen molar-refractivity contribution in [2.24, 2.45) is 0 Å². The molecule has 1 aromatic heterocycles. The smallest absolute Gasteiger partial charge is 0.253 e. The second-order valence-corrected chi connectivity index (χ2v) is 8.38. The first-order valence-corrected chi connectivity index (χ1v) is 11.6. The number of thiocarbonyl (C=S) groups is 1. The van der Waals surface area contributed by atoms with Crippen molar-refractivity contribution < 1.29 is 14.2 Å². The number of hydrogen-bond acceptors (Lipinski definition) is 5. The predicted octanol–water partition coefficient (Wildman–Crippen LogP) is 3.98. The number of pyridine rings is 1. The van der Waals surface area contributed by atoms with Gasteiger partial charge in [0.2, 0.25) is 0 Å². The van der Waals surface area contributed by atoms with Gasteiger partial charge in [0.25, 0.3) is 5.56 Å². The number of unbranched alkanes of at least 4 members (excludes halogenated alkanes) is 1. The van der Waals surface area contributed by atoms with Crippen LogP contribution in [0.3, 0.4) is 0 Å². The minimum absolute atomic E-state index is 0.143. The Hall–Kier alpha value is -3.26. The summed E-state index contributed by atoms with van der Waals surface area (Å²) < 4.78 is 16.6. The lowest BCUT2D eigenvalue weighted by Crippen LogP contribution is -2.40. The van der Waals surface area contributed by atoms with Crippen LogP contribution in [0.15, 0.2) is 47.3 Å². The molecule has 0 spiro atoms. The van der Waals surface area contributed by atoms with Crippen LogP contribution in [0.25, 0.3) is 10.9 Å². The second kappa shape index (κ2) is 10.6. The van der Waals surface area contributed by atoms with Gasteiger partial charge in [0, 0.05) is 30.1 Å². The van der Waals surface area contributed by atoms with Crippen LogP contribution in [-0.4, -0.2) is 41.9 Å². The average molecular weight is 468 g/mol. The standard InChI is InChI=1S/C25H29N3O4S/c1-3-4-9-26-25(33)28(15-17-5-7-20(30-2)8-6-17)16-19-12-18-13-22-23(32-11-10-31-22)14-21(18)27-24(19)29/h5-8,12-14H,3-4,9-11,15-16H2,1-2H3,(H,26,33)(H,27,29). The Morgan fingerprint density at radius 1 is 1.12 bits per heavy atom. The zero-order valence-electron chi connectivity index (χ0n) is 19.0. The number of aromatic nitrogens is 1. The normalized spacial score (nSPS) is 12.4. The molecule has 0 bridgehead atoms. The zero-order valence-corrected chi connectivity index (χ0v) is 19.8. The van der Waals surface area contributed by atoms with Crippen LogP contribution in [-0.2, 0) is 13.1 Å². The van der Waals surface area contributed by atoms with Gasteiger partial charge in [-0.05, 0) is 48.5 Å². The highest BCUT2D eigenvalue weighted by Crippen LogP contribution is 2.33. The summed E-state index contributed by atoms with van der Waals surface area (Å²) >= 11 is 5.70. The molecule has 0 unspecified atom stereocenters. The van der Waals surface area contributed by atoms with E-state index in [-0.39, 0.29) is 5.56 Å². The minimum atomic E-state index is -0.143. The van der Waals surface area contributed by atoms with Crippen LogP contribution >= 0.6 is 12.2 Å². The number of aromatic amines is 1. The highest BCUT2D eigenvalue weighted by Gasteiger charge is 2.17. The molecule has 1 aliphatic rings. The Morgan fingerprint density at radius 2 is 1.85 bits per heavy atom. The Morgan fingerprint density at radius 3 is 2.55 bits per heavy atom. The maximum absolute atomic E-state index is 12.9. The number of fused-ring (bicyclic) bond motifs is 2. The van der Waals surface area contributed by atoms with Crippen molar-refractivity contribution in [3.05, 3.63) is 63.9 Å². The van der Waals surface area contributed by atoms with Gasteiger partial charge in [-0.3, -0.25) is 4.79 Å². The third-order valence-corrected chi connectivity index (χ3v) is 5.97. The van der Waals surface area contributed by atoms with Crippen LogP contribution in [0, 0.1) is 0 Å². The highest BCUT2D eigenvalue weighted by atomic mass is 32.1. The summed E-state index contributed by atoms with van der Waals surface area (Å²) in [5.41, 5.74) is 2.29. The first-order chi connectivity index (χ1) is 16.1. The topological polar surface area (TPSA) is 75.8 Å². The number of hydrogen-bond donors (Lipinski definition) is 2. The van der Waals surface area contributed by atoms with Crippen molar-refractivity contribution in [3.63, 3.8) is 0 Å². The summed E-state index contributed by atoms with van der Waals surface area (Å²) in [5.74, 6) is 2.15. The van der Waals surface area contributed by atoms with Gasteiger partial charge in [0.05, 0.1) is 19.2 Å². The van der Waals surface area contributed by atoms with Crippen LogP contribution < -0.4 is 25.1 Å². The number of rotatable bonds is 8. The average Bonchev–Trinajstić information content (AvgIpc) is 2.83. The summed E-state index contributed by atoms with van der Waals surface area (Å²) in [6, 6.07) is 13.5. The maximum Gasteiger partial charge on any atom is 0.253 e. The van der Waals surface area contributed by atoms with E-state index in [2.05, 4.69) is 17.2 Å². The molecular formula is C25H29N3O4S. The summed E-state index contributed by atoms with van der Waals surface area (Å²) in [5, 5.41) is 4.85. The van der Waals surface area contributed by atoms with Gasteiger partial charge < -0.3 is 29.4 Å². The highest BCUT2D eigenvalue weighted by molar-refractivity contribution is 7.80. The molecule has 4 rings (SSSR count). The molecule has 0 fully saturated rings. The van der Waals surface area contributed by atoms with Gasteiger partial charge in [0.1, 0.15) is 19.0 Å². The summed E-state index contributed by atoms with van der Waals surface area (Å²) in [6.45, 7) is 4.91. The summed E-state index contributed by atoms with van der Waals surface area (Å²) in [7, 11) is 1.65. The van der Waals surface area contributed by atoms with E-state index in [1.54, 1.807) is 7.11 Å². The molecule has 33 heavy (non-hydrogen) atoms. The third kappa shape index (κ3) is 5.57. The van der Waals surface area contributed by atoms with Crippen LogP contribution in [0.2, 0.25) is 0 Å². The SMILES string of the molecule is CCCCNC(=S)N(Cc1ccc(OC)cc1)Cc1cc2cc3c(cc2[nH]c1=O)OCCO3. The summed E-state index contributed by atoms with van der Waals surface area (Å²) in [6.07, 6.45) is 2.11. The fraction of sp³-hybridized carbons (Fsp3) is 0.360. The monoisotopic (exact) mass is 467 g/mol. The third-order valence-electron chi connectivity index (χ3n) is 5.57. The van der Waals surface area contributed by atoms with Crippen LogP contribution in [0.1, 0.15) is 30.9 Å². The molecule has 0 saturated heterocycles. The van der Waals surface area contributed by atoms with Gasteiger partial charge in [-0.2, -0.15) is 0 Å². The first kappa shape index (κ1) is 22.9. The largest absolute Gasteiger partial charge is 0.497 e. The number of nitrogens with zero attached hydrogens (tertiary/aromatic N) is 1. The molecule has 174 valence electrons. The van der Waals surface area contributed by atoms with E-state index in [1.807, 2.05) is 47.4 Å². The number of benzene rings is 2. The van der Waals surface area contributed by atoms with E-state index < -0.39 is 0 Å². The Kier molecular flexibility index (Phi) is 7.34. The van der Waals surface area contributed by atoms with Crippen molar-refractivity contribution in [1.29, 1.82) is 0 Å². The fourth-order valence-electron chi connectivity index (χ4n) is 3.75. The van der Waals surface area contributed by atoms with Crippen molar-refractivity contribution in [2.75, 3.05) is 26.9 Å². The molecule has 0 radical (unpaired) electrons. The first-order valence-electron chi connectivity index (χ1n) is 11.2. The van der Waals surface area contributed by atoms with E-state index >= 15 is 0 Å². The van der Waals surface area contributed by atoms with E-state index in [4.69, 9.17) is 26.4 Å². The van der Waals surface area contributed by atoms with Gasteiger partial charge in [-0.25, -0.2) is 0 Å². The molecule has 0 amide bonds. The van der Waals surface area contributed by atoms with Gasteiger partial charge in [-0.1, -0.05) is 25.5 Å². The lowest BCUT2D eigenvalue weighted by Gasteiger charge is -2.26. The van der Waals surface area contributed by atoms with E-state index in [9.17, 15) is 4.79 Å². The number of H-pyrrole nitrogens is 1. The number of nitrogens with one attached hydrogen (secondary N) is 2. The van der Waals surface area contributed by atoms with Crippen molar-refractivity contribution in [1.82, 2.24) is 15.2 Å². The molecule has 0 atom stereocenters. The minimum Gasteiger partial charge on any atom is -0.497 e. The maximum atomic E-state index is 12.9. The van der Waals surface area contributed by atoms with Gasteiger partial charge in [-0.15, -0.1) is 0 Å².